The molecular formula is C25H23Cl3N2O2. The second kappa shape index (κ2) is 10.6. The van der Waals surface area contributed by atoms with Gasteiger partial charge >= 0.3 is 0 Å². The van der Waals surface area contributed by atoms with Gasteiger partial charge in [-0.15, -0.1) is 0 Å². The molecule has 0 aromatic heterocycles. The van der Waals surface area contributed by atoms with Crippen molar-refractivity contribution in [1.29, 1.82) is 0 Å². The molecule has 0 N–H and O–H groups in total. The smallest absolute Gasteiger partial charge is 0.253 e. The van der Waals surface area contributed by atoms with Crippen LogP contribution in [-0.2, 0) is 13.2 Å². The molecular weight excluding hydrogens is 467 g/mol. The molecule has 32 heavy (non-hydrogen) atoms. The maximum absolute atomic E-state index is 13.0. The molecule has 0 unspecified atom stereocenters. The summed E-state index contributed by atoms with van der Waals surface area (Å²) < 4.78 is 5.81. The monoisotopic (exact) mass is 488 g/mol. The number of hydrogen-bond donors (Lipinski definition) is 0. The number of rotatable bonds is 6. The molecule has 3 aromatic carbocycles. The molecule has 0 atom stereocenters. The highest BCUT2D eigenvalue weighted by Crippen LogP contribution is 2.24. The minimum atomic E-state index is 0.0452. The van der Waals surface area contributed by atoms with Crippen LogP contribution in [0.3, 0.4) is 0 Å². The van der Waals surface area contributed by atoms with Crippen LogP contribution < -0.4 is 4.74 Å². The fraction of sp³-hybridized carbons (Fsp3) is 0.240. The first-order chi connectivity index (χ1) is 15.5. The number of piperazine rings is 1. The number of carbonyl (C=O) groups is 1. The van der Waals surface area contributed by atoms with Gasteiger partial charge in [-0.3, -0.25) is 9.69 Å². The van der Waals surface area contributed by atoms with Gasteiger partial charge in [-0.25, -0.2) is 0 Å². The largest absolute Gasteiger partial charge is 0.489 e. The number of amides is 1. The van der Waals surface area contributed by atoms with Crippen LogP contribution in [0.25, 0.3) is 0 Å². The van der Waals surface area contributed by atoms with Crippen LogP contribution in [0.2, 0.25) is 15.1 Å². The van der Waals surface area contributed by atoms with Crippen molar-refractivity contribution in [2.24, 2.45) is 0 Å². The Bertz CT molecular complexity index is 1100. The summed E-state index contributed by atoms with van der Waals surface area (Å²) >= 11 is 18.1. The molecule has 166 valence electrons. The number of benzene rings is 3. The van der Waals surface area contributed by atoms with Crippen molar-refractivity contribution < 1.29 is 9.53 Å². The Hall–Kier alpha value is -2.24. The summed E-state index contributed by atoms with van der Waals surface area (Å²) in [5, 5.41) is 1.76. The van der Waals surface area contributed by atoms with Gasteiger partial charge in [0.1, 0.15) is 12.4 Å². The molecule has 1 heterocycles. The summed E-state index contributed by atoms with van der Waals surface area (Å²) in [6.07, 6.45) is 0. The van der Waals surface area contributed by atoms with Crippen LogP contribution in [0, 0.1) is 0 Å². The number of hydrogen-bond acceptors (Lipinski definition) is 3. The van der Waals surface area contributed by atoms with Crippen molar-refractivity contribution in [1.82, 2.24) is 9.80 Å². The van der Waals surface area contributed by atoms with Crippen LogP contribution in [0.5, 0.6) is 5.75 Å². The molecule has 0 spiro atoms. The first kappa shape index (κ1) is 22.9. The third-order valence-corrected chi connectivity index (χ3v) is 6.40. The van der Waals surface area contributed by atoms with Gasteiger partial charge in [0, 0.05) is 43.3 Å². The summed E-state index contributed by atoms with van der Waals surface area (Å²) in [7, 11) is 0. The summed E-state index contributed by atoms with van der Waals surface area (Å²) in [6, 6.07) is 20.6. The summed E-state index contributed by atoms with van der Waals surface area (Å²) in [5.74, 6) is 0.746. The Balaban J connectivity index is 1.31. The zero-order chi connectivity index (χ0) is 22.5. The third kappa shape index (κ3) is 5.96. The van der Waals surface area contributed by atoms with E-state index in [0.29, 0.717) is 46.1 Å². The standard InChI is InChI=1S/C25H23Cl3N2O2/c26-21-5-2-6-22(15-21)32-17-19-3-1-4-20(13-19)25(31)30-11-9-29(10-12-30)16-18-7-8-23(27)24(28)14-18/h1-8,13-15H,9-12,16-17H2. The van der Waals surface area contributed by atoms with E-state index >= 15 is 0 Å². The SMILES string of the molecule is O=C(c1cccc(COc2cccc(Cl)c2)c1)N1CCN(Cc2ccc(Cl)c(Cl)c2)CC1. The Morgan fingerprint density at radius 2 is 1.59 bits per heavy atom. The second-order valence-electron chi connectivity index (χ2n) is 7.76. The van der Waals surface area contributed by atoms with Gasteiger partial charge in [0.2, 0.25) is 0 Å². The van der Waals surface area contributed by atoms with Gasteiger partial charge in [-0.05, 0) is 53.6 Å². The van der Waals surface area contributed by atoms with Crippen molar-refractivity contribution in [3.05, 3.63) is 98.5 Å². The van der Waals surface area contributed by atoms with E-state index in [-0.39, 0.29) is 5.91 Å². The number of halogens is 3. The van der Waals surface area contributed by atoms with Crippen molar-refractivity contribution in [3.8, 4) is 5.75 Å². The maximum atomic E-state index is 13.0. The average Bonchev–Trinajstić information content (AvgIpc) is 2.80. The number of nitrogens with zero attached hydrogens (tertiary/aromatic N) is 2. The van der Waals surface area contributed by atoms with Crippen LogP contribution >= 0.6 is 34.8 Å². The Morgan fingerprint density at radius 3 is 2.34 bits per heavy atom. The Morgan fingerprint density at radius 1 is 0.812 bits per heavy atom. The molecule has 4 rings (SSSR count). The Labute approximate surface area is 203 Å². The lowest BCUT2D eigenvalue weighted by molar-refractivity contribution is 0.0628. The molecule has 7 heteroatoms. The van der Waals surface area contributed by atoms with Gasteiger partial charge in [0.15, 0.2) is 0 Å². The zero-order valence-electron chi connectivity index (χ0n) is 17.4. The molecule has 0 radical (unpaired) electrons. The number of ether oxygens (including phenoxy) is 1. The van der Waals surface area contributed by atoms with Crippen LogP contribution in [-0.4, -0.2) is 41.9 Å². The highest BCUT2D eigenvalue weighted by Gasteiger charge is 2.22. The van der Waals surface area contributed by atoms with E-state index in [0.717, 1.165) is 30.8 Å². The predicted molar refractivity (Wildman–Crippen MR) is 130 cm³/mol. The third-order valence-electron chi connectivity index (χ3n) is 5.43. The molecule has 3 aromatic rings. The molecule has 0 bridgehead atoms. The highest BCUT2D eigenvalue weighted by molar-refractivity contribution is 6.42. The van der Waals surface area contributed by atoms with Crippen LogP contribution in [0.1, 0.15) is 21.5 Å². The van der Waals surface area contributed by atoms with Crippen LogP contribution in [0.4, 0.5) is 0 Å². The zero-order valence-corrected chi connectivity index (χ0v) is 19.7. The van der Waals surface area contributed by atoms with Crippen molar-refractivity contribution in [3.63, 3.8) is 0 Å². The van der Waals surface area contributed by atoms with Gasteiger partial charge in [0.05, 0.1) is 10.0 Å². The quantitative estimate of drug-likeness (QED) is 0.414. The van der Waals surface area contributed by atoms with Gasteiger partial charge in [-0.1, -0.05) is 59.1 Å². The average molecular weight is 490 g/mol. The fourth-order valence-corrected chi connectivity index (χ4v) is 4.21. The Kier molecular flexibility index (Phi) is 7.59. The van der Waals surface area contributed by atoms with Gasteiger partial charge < -0.3 is 9.64 Å². The summed E-state index contributed by atoms with van der Waals surface area (Å²) in [4.78, 5) is 17.3. The topological polar surface area (TPSA) is 32.8 Å². The lowest BCUT2D eigenvalue weighted by atomic mass is 10.1. The van der Waals surface area contributed by atoms with Gasteiger partial charge in [0.25, 0.3) is 5.91 Å². The van der Waals surface area contributed by atoms with E-state index in [4.69, 9.17) is 39.5 Å². The highest BCUT2D eigenvalue weighted by atomic mass is 35.5. The first-order valence-electron chi connectivity index (χ1n) is 10.4. The molecule has 4 nitrogen and oxygen atoms in total. The van der Waals surface area contributed by atoms with Crippen molar-refractivity contribution in [2.45, 2.75) is 13.2 Å². The van der Waals surface area contributed by atoms with E-state index in [1.54, 1.807) is 12.1 Å². The second-order valence-corrected chi connectivity index (χ2v) is 9.01. The van der Waals surface area contributed by atoms with Gasteiger partial charge in [-0.2, -0.15) is 0 Å². The first-order valence-corrected chi connectivity index (χ1v) is 11.5. The molecule has 1 aliphatic heterocycles. The molecule has 1 aliphatic rings. The number of carbonyl (C=O) groups excluding carboxylic acids is 1. The van der Waals surface area contributed by atoms with Crippen molar-refractivity contribution in [2.75, 3.05) is 26.2 Å². The van der Waals surface area contributed by atoms with E-state index in [1.165, 1.54) is 0 Å². The summed E-state index contributed by atoms with van der Waals surface area (Å²) in [5.41, 5.74) is 2.73. The molecule has 0 saturated carbocycles. The summed E-state index contributed by atoms with van der Waals surface area (Å²) in [6.45, 7) is 4.15. The molecule has 1 saturated heterocycles. The molecule has 0 aliphatic carbocycles. The van der Waals surface area contributed by atoms with Crippen molar-refractivity contribution >= 4 is 40.7 Å². The molecule has 1 amide bonds. The van der Waals surface area contributed by atoms with Crippen LogP contribution in [0.15, 0.2) is 66.7 Å². The lowest BCUT2D eigenvalue weighted by Gasteiger charge is -2.35. The maximum Gasteiger partial charge on any atom is 0.253 e. The van der Waals surface area contributed by atoms with E-state index in [1.807, 2.05) is 59.5 Å². The molecule has 1 fully saturated rings. The normalized spacial score (nSPS) is 14.4. The van der Waals surface area contributed by atoms with E-state index in [9.17, 15) is 4.79 Å². The predicted octanol–water partition coefficient (Wildman–Crippen LogP) is 6.18. The van der Waals surface area contributed by atoms with E-state index < -0.39 is 0 Å². The minimum absolute atomic E-state index is 0.0452. The lowest BCUT2D eigenvalue weighted by Crippen LogP contribution is -2.48. The minimum Gasteiger partial charge on any atom is -0.489 e. The van der Waals surface area contributed by atoms with E-state index in [2.05, 4.69) is 4.90 Å². The fourth-order valence-electron chi connectivity index (χ4n) is 3.71.